The number of anilines is 1. The molecule has 0 spiro atoms. The number of ether oxygens (including phenoxy) is 1. The fourth-order valence-corrected chi connectivity index (χ4v) is 3.14. The van der Waals surface area contributed by atoms with E-state index in [4.69, 9.17) is 10.5 Å². The minimum atomic E-state index is -1.28. The Morgan fingerprint density at radius 2 is 2.00 bits per heavy atom. The smallest absolute Gasteiger partial charge is 0.164 e. The van der Waals surface area contributed by atoms with Gasteiger partial charge in [-0.3, -0.25) is 4.98 Å². The van der Waals surface area contributed by atoms with Gasteiger partial charge in [0.1, 0.15) is 41.9 Å². The Balaban J connectivity index is 1.89. The van der Waals surface area contributed by atoms with Crippen molar-refractivity contribution >= 4 is 16.9 Å². The van der Waals surface area contributed by atoms with Crippen molar-refractivity contribution in [3.8, 4) is 11.3 Å². The number of pyridine rings is 1. The molecule has 3 aromatic heterocycles. The van der Waals surface area contributed by atoms with Gasteiger partial charge in [-0.05, 0) is 12.1 Å². The fraction of sp³-hybridized carbons (Fsp3) is 0.312. The van der Waals surface area contributed by atoms with Gasteiger partial charge in [-0.1, -0.05) is 0 Å². The van der Waals surface area contributed by atoms with Crippen molar-refractivity contribution in [1.82, 2.24) is 19.5 Å². The molecule has 5 N–H and O–H groups in total. The highest BCUT2D eigenvalue weighted by molar-refractivity contribution is 5.99. The molecule has 4 heterocycles. The minimum Gasteiger partial charge on any atom is -0.394 e. The van der Waals surface area contributed by atoms with E-state index in [1.807, 2.05) is 0 Å². The number of halogens is 1. The first-order valence-corrected chi connectivity index (χ1v) is 7.86. The van der Waals surface area contributed by atoms with E-state index in [1.165, 1.54) is 23.0 Å². The van der Waals surface area contributed by atoms with Gasteiger partial charge in [0, 0.05) is 11.8 Å². The molecule has 136 valence electrons. The van der Waals surface area contributed by atoms with Crippen molar-refractivity contribution in [2.45, 2.75) is 24.5 Å². The zero-order chi connectivity index (χ0) is 18.4. The number of rotatable bonds is 3. The molecule has 10 heteroatoms. The van der Waals surface area contributed by atoms with Crippen LogP contribution in [0, 0.1) is 5.82 Å². The number of nitrogens with two attached hydrogens (primary N) is 1. The molecule has 0 amide bonds. The van der Waals surface area contributed by atoms with E-state index in [1.54, 1.807) is 6.20 Å². The lowest BCUT2D eigenvalue weighted by Gasteiger charge is -2.17. The number of fused-ring (bicyclic) bond motifs is 1. The predicted molar refractivity (Wildman–Crippen MR) is 88.1 cm³/mol. The second-order valence-corrected chi connectivity index (χ2v) is 6.00. The number of hydrogen-bond acceptors (Lipinski definition) is 8. The van der Waals surface area contributed by atoms with Gasteiger partial charge in [0.2, 0.25) is 0 Å². The average molecular weight is 361 g/mol. The first-order valence-electron chi connectivity index (χ1n) is 7.86. The number of nitrogens with zero attached hydrogens (tertiary/aromatic N) is 4. The number of nitrogen functional groups attached to an aromatic ring is 1. The zero-order valence-electron chi connectivity index (χ0n) is 13.4. The highest BCUT2D eigenvalue weighted by atomic mass is 19.1. The van der Waals surface area contributed by atoms with Crippen LogP contribution >= 0.6 is 0 Å². The second kappa shape index (κ2) is 6.25. The van der Waals surface area contributed by atoms with Crippen LogP contribution in [0.5, 0.6) is 0 Å². The highest BCUT2D eigenvalue weighted by Crippen LogP contribution is 2.37. The number of aromatic nitrogens is 4. The second-order valence-electron chi connectivity index (χ2n) is 6.00. The molecule has 4 rings (SSSR count). The van der Waals surface area contributed by atoms with Crippen LogP contribution in [0.4, 0.5) is 10.2 Å². The summed E-state index contributed by atoms with van der Waals surface area (Å²) in [4.78, 5) is 12.2. The quantitative estimate of drug-likeness (QED) is 0.504. The van der Waals surface area contributed by atoms with Crippen LogP contribution in [-0.2, 0) is 4.74 Å². The maximum atomic E-state index is 13.2. The maximum absolute atomic E-state index is 13.2. The van der Waals surface area contributed by atoms with E-state index >= 15 is 0 Å². The molecule has 0 bridgehead atoms. The Labute approximate surface area is 146 Å². The largest absolute Gasteiger partial charge is 0.394 e. The number of aliphatic hydroxyl groups excluding tert-OH is 3. The van der Waals surface area contributed by atoms with Gasteiger partial charge in [-0.2, -0.15) is 0 Å². The SMILES string of the molecule is Nc1ncnc2c1c(-c1ccc(F)cn1)cn2C1O[C@H](CO)[C@@H](O)[C@H]1O. The normalized spacial score (nSPS) is 25.8. The summed E-state index contributed by atoms with van der Waals surface area (Å²) in [7, 11) is 0. The van der Waals surface area contributed by atoms with Crippen molar-refractivity contribution in [2.75, 3.05) is 12.3 Å². The summed E-state index contributed by atoms with van der Waals surface area (Å²) in [6.07, 6.45) is -0.535. The van der Waals surface area contributed by atoms with Crippen molar-refractivity contribution in [3.05, 3.63) is 36.7 Å². The van der Waals surface area contributed by atoms with E-state index in [0.29, 0.717) is 22.3 Å². The van der Waals surface area contributed by atoms with E-state index in [0.717, 1.165) is 6.20 Å². The summed E-state index contributed by atoms with van der Waals surface area (Å²) in [5, 5.41) is 30.1. The van der Waals surface area contributed by atoms with E-state index in [2.05, 4.69) is 15.0 Å². The van der Waals surface area contributed by atoms with Crippen LogP contribution < -0.4 is 5.73 Å². The average Bonchev–Trinajstić information content (AvgIpc) is 3.15. The summed E-state index contributed by atoms with van der Waals surface area (Å²) in [5.74, 6) is -0.299. The van der Waals surface area contributed by atoms with Gasteiger partial charge < -0.3 is 30.4 Å². The molecular weight excluding hydrogens is 345 g/mol. The molecule has 0 radical (unpaired) electrons. The van der Waals surface area contributed by atoms with Gasteiger partial charge in [-0.25, -0.2) is 14.4 Å². The van der Waals surface area contributed by atoms with Crippen molar-refractivity contribution in [1.29, 1.82) is 0 Å². The topological polar surface area (TPSA) is 140 Å². The minimum absolute atomic E-state index is 0.182. The van der Waals surface area contributed by atoms with Crippen molar-refractivity contribution in [3.63, 3.8) is 0 Å². The fourth-order valence-electron chi connectivity index (χ4n) is 3.14. The highest BCUT2D eigenvalue weighted by Gasteiger charge is 2.44. The summed E-state index contributed by atoms with van der Waals surface area (Å²) < 4.78 is 20.3. The lowest BCUT2D eigenvalue weighted by molar-refractivity contribution is -0.0508. The van der Waals surface area contributed by atoms with Gasteiger partial charge in [-0.15, -0.1) is 0 Å². The standard InChI is InChI=1S/C16H16FN5O4/c17-7-1-2-9(19-3-7)8-4-22(15-11(8)14(18)20-6-21-15)16-13(25)12(24)10(5-23)26-16/h1-4,6,10,12-13,16,23-25H,5H2,(H2,18,20,21)/t10-,12-,13-,16?/m1/s1. The van der Waals surface area contributed by atoms with Gasteiger partial charge in [0.05, 0.1) is 23.9 Å². The lowest BCUT2D eigenvalue weighted by Crippen LogP contribution is -2.33. The molecule has 26 heavy (non-hydrogen) atoms. The summed E-state index contributed by atoms with van der Waals surface area (Å²) >= 11 is 0. The molecule has 9 nitrogen and oxygen atoms in total. The molecule has 1 aliphatic heterocycles. The zero-order valence-corrected chi connectivity index (χ0v) is 13.4. The Kier molecular flexibility index (Phi) is 4.04. The Hall–Kier alpha value is -2.66. The van der Waals surface area contributed by atoms with E-state index in [-0.39, 0.29) is 5.82 Å². The number of hydrogen-bond donors (Lipinski definition) is 4. The van der Waals surface area contributed by atoms with Gasteiger partial charge >= 0.3 is 0 Å². The predicted octanol–water partition coefficient (Wildman–Crippen LogP) is -0.174. The Morgan fingerprint density at radius 3 is 2.65 bits per heavy atom. The van der Waals surface area contributed by atoms with Crippen LogP contribution in [0.3, 0.4) is 0 Å². The third-order valence-corrected chi connectivity index (χ3v) is 4.43. The Bertz CT molecular complexity index is 948. The summed E-state index contributed by atoms with van der Waals surface area (Å²) in [6.45, 7) is -0.447. The molecule has 1 fully saturated rings. The number of aliphatic hydroxyl groups is 3. The van der Waals surface area contributed by atoms with E-state index < -0.39 is 37.0 Å². The molecule has 1 aliphatic rings. The van der Waals surface area contributed by atoms with E-state index in [9.17, 15) is 19.7 Å². The van der Waals surface area contributed by atoms with Crippen LogP contribution in [0.25, 0.3) is 22.3 Å². The Morgan fingerprint density at radius 1 is 1.19 bits per heavy atom. The third-order valence-electron chi connectivity index (χ3n) is 4.43. The van der Waals surface area contributed by atoms with Crippen LogP contribution in [0.2, 0.25) is 0 Å². The van der Waals surface area contributed by atoms with Crippen LogP contribution in [0.15, 0.2) is 30.9 Å². The van der Waals surface area contributed by atoms with Gasteiger partial charge in [0.25, 0.3) is 0 Å². The monoisotopic (exact) mass is 361 g/mol. The van der Waals surface area contributed by atoms with Gasteiger partial charge in [0.15, 0.2) is 6.23 Å². The maximum Gasteiger partial charge on any atom is 0.164 e. The molecule has 0 aromatic carbocycles. The molecule has 0 aliphatic carbocycles. The summed E-state index contributed by atoms with van der Waals surface area (Å²) in [6, 6.07) is 2.75. The summed E-state index contributed by atoms with van der Waals surface area (Å²) in [5.41, 5.74) is 7.31. The third kappa shape index (κ3) is 2.51. The molecule has 1 saturated heterocycles. The lowest BCUT2D eigenvalue weighted by atomic mass is 10.1. The van der Waals surface area contributed by atoms with Crippen molar-refractivity contribution < 1.29 is 24.4 Å². The first kappa shape index (κ1) is 16.8. The van der Waals surface area contributed by atoms with Crippen molar-refractivity contribution in [2.24, 2.45) is 0 Å². The first-order chi connectivity index (χ1) is 12.5. The van der Waals surface area contributed by atoms with Crippen LogP contribution in [0.1, 0.15) is 6.23 Å². The molecule has 3 aromatic rings. The molecular formula is C16H16FN5O4. The molecule has 0 saturated carbocycles. The molecule has 4 atom stereocenters. The van der Waals surface area contributed by atoms with Crippen LogP contribution in [-0.4, -0.2) is 59.8 Å². The molecule has 1 unspecified atom stereocenters.